The molecule has 1 heterocycles. The van der Waals surface area contributed by atoms with Crippen LogP contribution in [0.4, 0.5) is 5.69 Å². The Morgan fingerprint density at radius 3 is 2.26 bits per heavy atom. The molecule has 0 aliphatic carbocycles. The molecule has 27 heavy (non-hydrogen) atoms. The number of rotatable bonds is 6. The summed E-state index contributed by atoms with van der Waals surface area (Å²) in [6, 6.07) is 15.2. The van der Waals surface area contributed by atoms with Crippen LogP contribution < -0.4 is 9.62 Å². The summed E-state index contributed by atoms with van der Waals surface area (Å²) in [6.45, 7) is 2.39. The Labute approximate surface area is 159 Å². The Bertz CT molecular complexity index is 879. The maximum Gasteiger partial charge on any atom is 0.240 e. The van der Waals surface area contributed by atoms with Crippen molar-refractivity contribution >= 4 is 21.6 Å². The van der Waals surface area contributed by atoms with E-state index in [0.29, 0.717) is 26.2 Å². The molecule has 0 bridgehead atoms. The number of phenols is 1. The number of carbonyl (C=O) groups is 1. The molecule has 0 aromatic heterocycles. The minimum Gasteiger partial charge on any atom is -0.506 e. The van der Waals surface area contributed by atoms with Crippen LogP contribution in [0.1, 0.15) is 6.42 Å². The van der Waals surface area contributed by atoms with Gasteiger partial charge in [-0.15, -0.1) is 0 Å². The second-order valence-electron chi connectivity index (χ2n) is 6.32. The van der Waals surface area contributed by atoms with E-state index in [4.69, 9.17) is 0 Å². The van der Waals surface area contributed by atoms with Crippen LogP contribution in [-0.4, -0.2) is 57.1 Å². The fraction of sp³-hybridized carbons (Fsp3) is 0.316. The van der Waals surface area contributed by atoms with Crippen LogP contribution in [0, 0.1) is 0 Å². The molecule has 2 aromatic rings. The summed E-state index contributed by atoms with van der Waals surface area (Å²) in [6.07, 6.45) is 0.114. The standard InChI is InChI=1S/C19H23N3O4S/c23-18-9-5-4-8-17(18)21-12-14-22(15-13-21)19(24)10-11-20-27(25,26)16-6-2-1-3-7-16/h1-9,20,23H,10-15H2. The molecule has 0 radical (unpaired) electrons. The van der Waals surface area contributed by atoms with Crippen molar-refractivity contribution in [2.75, 3.05) is 37.6 Å². The van der Waals surface area contributed by atoms with Gasteiger partial charge in [-0.2, -0.15) is 0 Å². The highest BCUT2D eigenvalue weighted by Gasteiger charge is 2.23. The van der Waals surface area contributed by atoms with Gasteiger partial charge < -0.3 is 14.9 Å². The lowest BCUT2D eigenvalue weighted by atomic mass is 10.2. The summed E-state index contributed by atoms with van der Waals surface area (Å²) in [5.74, 6) is 0.148. The number of anilines is 1. The van der Waals surface area contributed by atoms with E-state index in [0.717, 1.165) is 5.69 Å². The number of aromatic hydroxyl groups is 1. The van der Waals surface area contributed by atoms with Crippen molar-refractivity contribution in [3.05, 3.63) is 54.6 Å². The smallest absolute Gasteiger partial charge is 0.240 e. The molecule has 8 heteroatoms. The summed E-state index contributed by atoms with van der Waals surface area (Å²) in [7, 11) is -3.59. The number of nitrogens with zero attached hydrogens (tertiary/aromatic N) is 2. The van der Waals surface area contributed by atoms with Gasteiger partial charge in [-0.05, 0) is 24.3 Å². The van der Waals surface area contributed by atoms with Crippen LogP contribution in [0.25, 0.3) is 0 Å². The van der Waals surface area contributed by atoms with Crippen LogP contribution in [0.2, 0.25) is 0 Å². The van der Waals surface area contributed by atoms with E-state index in [1.165, 1.54) is 12.1 Å². The van der Waals surface area contributed by atoms with Gasteiger partial charge in [0.05, 0.1) is 10.6 Å². The number of hydrogen-bond donors (Lipinski definition) is 2. The third-order valence-electron chi connectivity index (χ3n) is 4.54. The SMILES string of the molecule is O=C(CCNS(=O)(=O)c1ccccc1)N1CCN(c2ccccc2O)CC1. The Morgan fingerprint density at radius 1 is 0.963 bits per heavy atom. The molecule has 1 amide bonds. The maximum atomic E-state index is 12.4. The van der Waals surface area contributed by atoms with Gasteiger partial charge in [0.25, 0.3) is 0 Å². The molecule has 1 fully saturated rings. The molecule has 0 unspecified atom stereocenters. The fourth-order valence-electron chi connectivity index (χ4n) is 3.06. The third-order valence-corrected chi connectivity index (χ3v) is 6.02. The third kappa shape index (κ3) is 4.78. The zero-order chi connectivity index (χ0) is 19.3. The second kappa shape index (κ2) is 8.41. The van der Waals surface area contributed by atoms with E-state index in [-0.39, 0.29) is 29.5 Å². The Morgan fingerprint density at radius 2 is 1.59 bits per heavy atom. The molecule has 1 saturated heterocycles. The van der Waals surface area contributed by atoms with Crippen molar-refractivity contribution in [3.8, 4) is 5.75 Å². The summed E-state index contributed by atoms with van der Waals surface area (Å²) < 4.78 is 26.8. The largest absolute Gasteiger partial charge is 0.506 e. The molecule has 0 saturated carbocycles. The van der Waals surface area contributed by atoms with Gasteiger partial charge in [0, 0.05) is 39.1 Å². The molecular weight excluding hydrogens is 366 g/mol. The van der Waals surface area contributed by atoms with Crippen molar-refractivity contribution in [1.29, 1.82) is 0 Å². The minimum absolute atomic E-state index is 0.0652. The van der Waals surface area contributed by atoms with Gasteiger partial charge in [0.15, 0.2) is 0 Å². The van der Waals surface area contributed by atoms with Gasteiger partial charge in [-0.3, -0.25) is 4.79 Å². The predicted molar refractivity (Wildman–Crippen MR) is 103 cm³/mol. The maximum absolute atomic E-state index is 12.4. The van der Waals surface area contributed by atoms with Crippen LogP contribution in [0.3, 0.4) is 0 Å². The van der Waals surface area contributed by atoms with E-state index < -0.39 is 10.0 Å². The number of benzene rings is 2. The molecule has 0 spiro atoms. The van der Waals surface area contributed by atoms with Gasteiger partial charge in [0.2, 0.25) is 15.9 Å². The van der Waals surface area contributed by atoms with E-state index in [1.54, 1.807) is 35.2 Å². The van der Waals surface area contributed by atoms with Gasteiger partial charge in [0.1, 0.15) is 5.75 Å². The first-order chi connectivity index (χ1) is 13.0. The predicted octanol–water partition coefficient (Wildman–Crippen LogP) is 1.41. The molecule has 1 aliphatic heterocycles. The van der Waals surface area contributed by atoms with Crippen LogP contribution in [0.15, 0.2) is 59.5 Å². The zero-order valence-corrected chi connectivity index (χ0v) is 15.7. The lowest BCUT2D eigenvalue weighted by Gasteiger charge is -2.36. The van der Waals surface area contributed by atoms with Crippen molar-refractivity contribution in [2.24, 2.45) is 0 Å². The minimum atomic E-state index is -3.59. The Hall–Kier alpha value is -2.58. The zero-order valence-electron chi connectivity index (χ0n) is 14.9. The Kier molecular flexibility index (Phi) is 5.98. The number of phenolic OH excluding ortho intramolecular Hbond substituents is 1. The molecule has 2 N–H and O–H groups in total. The first kappa shape index (κ1) is 19.2. The normalized spacial score (nSPS) is 15.0. The second-order valence-corrected chi connectivity index (χ2v) is 8.08. The summed E-state index contributed by atoms with van der Waals surface area (Å²) in [5.41, 5.74) is 0.764. The van der Waals surface area contributed by atoms with E-state index in [9.17, 15) is 18.3 Å². The summed E-state index contributed by atoms with van der Waals surface area (Å²) >= 11 is 0. The molecule has 0 atom stereocenters. The van der Waals surface area contributed by atoms with Crippen LogP contribution in [-0.2, 0) is 14.8 Å². The average Bonchev–Trinajstić information content (AvgIpc) is 2.69. The van der Waals surface area contributed by atoms with E-state index in [2.05, 4.69) is 4.72 Å². The number of nitrogens with one attached hydrogen (secondary N) is 1. The lowest BCUT2D eigenvalue weighted by molar-refractivity contribution is -0.131. The van der Waals surface area contributed by atoms with Crippen LogP contribution in [0.5, 0.6) is 5.75 Å². The summed E-state index contributed by atoms with van der Waals surface area (Å²) in [4.78, 5) is 16.3. The van der Waals surface area contributed by atoms with Crippen LogP contribution >= 0.6 is 0 Å². The van der Waals surface area contributed by atoms with Gasteiger partial charge in [-0.1, -0.05) is 30.3 Å². The first-order valence-electron chi connectivity index (χ1n) is 8.83. The highest BCUT2D eigenvalue weighted by molar-refractivity contribution is 7.89. The number of hydrogen-bond acceptors (Lipinski definition) is 5. The van der Waals surface area contributed by atoms with Crippen molar-refractivity contribution < 1.29 is 18.3 Å². The summed E-state index contributed by atoms with van der Waals surface area (Å²) in [5, 5.41) is 9.94. The average molecular weight is 389 g/mol. The van der Waals surface area contributed by atoms with E-state index in [1.807, 2.05) is 17.0 Å². The quantitative estimate of drug-likeness (QED) is 0.780. The van der Waals surface area contributed by atoms with Crippen molar-refractivity contribution in [1.82, 2.24) is 9.62 Å². The molecule has 1 aliphatic rings. The molecule has 144 valence electrons. The van der Waals surface area contributed by atoms with Gasteiger partial charge in [-0.25, -0.2) is 13.1 Å². The number of carbonyl (C=O) groups excluding carboxylic acids is 1. The Balaban J connectivity index is 1.47. The van der Waals surface area contributed by atoms with Crippen molar-refractivity contribution in [2.45, 2.75) is 11.3 Å². The first-order valence-corrected chi connectivity index (χ1v) is 10.3. The van der Waals surface area contributed by atoms with Crippen molar-refractivity contribution in [3.63, 3.8) is 0 Å². The monoisotopic (exact) mass is 389 g/mol. The molecule has 7 nitrogen and oxygen atoms in total. The highest BCUT2D eigenvalue weighted by atomic mass is 32.2. The number of piperazine rings is 1. The topological polar surface area (TPSA) is 90.0 Å². The number of amides is 1. The highest BCUT2D eigenvalue weighted by Crippen LogP contribution is 2.27. The number of para-hydroxylation sites is 2. The number of sulfonamides is 1. The fourth-order valence-corrected chi connectivity index (χ4v) is 4.11. The lowest BCUT2D eigenvalue weighted by Crippen LogP contribution is -2.49. The van der Waals surface area contributed by atoms with Gasteiger partial charge >= 0.3 is 0 Å². The molecular formula is C19H23N3O4S. The molecule has 3 rings (SSSR count). The van der Waals surface area contributed by atoms with E-state index >= 15 is 0 Å². The molecule has 2 aromatic carbocycles.